The van der Waals surface area contributed by atoms with Crippen molar-refractivity contribution in [1.29, 1.82) is 0 Å². The summed E-state index contributed by atoms with van der Waals surface area (Å²) in [5.41, 5.74) is 2.08. The number of carbonyl (C=O) groups excluding carboxylic acids is 2. The first-order chi connectivity index (χ1) is 15.0. The summed E-state index contributed by atoms with van der Waals surface area (Å²) >= 11 is 9.47. The highest BCUT2D eigenvalue weighted by Gasteiger charge is 2.19. The summed E-state index contributed by atoms with van der Waals surface area (Å²) in [6.07, 6.45) is 0.727. The van der Waals surface area contributed by atoms with Gasteiger partial charge in [0.15, 0.2) is 6.61 Å². The number of ether oxygens (including phenoxy) is 1. The molecular formula is C24H22BrClN2O3. The number of para-hydroxylation sites is 1. The maximum atomic E-state index is 12.7. The van der Waals surface area contributed by atoms with E-state index < -0.39 is 0 Å². The van der Waals surface area contributed by atoms with Gasteiger partial charge in [-0.2, -0.15) is 0 Å². The molecule has 0 saturated heterocycles. The molecule has 0 aliphatic carbocycles. The molecule has 3 aromatic carbocycles. The minimum Gasteiger partial charge on any atom is -0.482 e. The molecule has 0 bridgehead atoms. The zero-order chi connectivity index (χ0) is 22.2. The molecular weight excluding hydrogens is 480 g/mol. The Morgan fingerprint density at radius 2 is 1.74 bits per heavy atom. The quantitative estimate of drug-likeness (QED) is 0.466. The van der Waals surface area contributed by atoms with Gasteiger partial charge in [0.1, 0.15) is 5.75 Å². The summed E-state index contributed by atoms with van der Waals surface area (Å²) < 4.78 is 6.39. The Hall–Kier alpha value is -2.83. The van der Waals surface area contributed by atoms with Crippen molar-refractivity contribution in [3.8, 4) is 5.75 Å². The van der Waals surface area contributed by atoms with Crippen LogP contribution in [0.1, 0.15) is 15.9 Å². The number of hydrogen-bond acceptors (Lipinski definition) is 3. The number of nitrogens with zero attached hydrogens (tertiary/aromatic N) is 1. The molecule has 0 saturated carbocycles. The number of hydrogen-bond donors (Lipinski definition) is 1. The molecule has 31 heavy (non-hydrogen) atoms. The van der Waals surface area contributed by atoms with Crippen LogP contribution in [0.25, 0.3) is 0 Å². The van der Waals surface area contributed by atoms with E-state index in [4.69, 9.17) is 16.3 Å². The van der Waals surface area contributed by atoms with Gasteiger partial charge in [-0.15, -0.1) is 0 Å². The third-order valence-corrected chi connectivity index (χ3v) is 5.46. The van der Waals surface area contributed by atoms with Crippen molar-refractivity contribution in [3.63, 3.8) is 0 Å². The lowest BCUT2D eigenvalue weighted by Gasteiger charge is -2.21. The number of anilines is 1. The van der Waals surface area contributed by atoms with Crippen LogP contribution in [0.15, 0.2) is 77.3 Å². The van der Waals surface area contributed by atoms with E-state index in [1.165, 1.54) is 4.90 Å². The van der Waals surface area contributed by atoms with Crippen LogP contribution in [0.2, 0.25) is 5.02 Å². The van der Waals surface area contributed by atoms with Gasteiger partial charge in [0.05, 0.1) is 16.3 Å². The van der Waals surface area contributed by atoms with Gasteiger partial charge >= 0.3 is 0 Å². The van der Waals surface area contributed by atoms with E-state index in [9.17, 15) is 9.59 Å². The molecule has 7 heteroatoms. The Morgan fingerprint density at radius 1 is 1.03 bits per heavy atom. The summed E-state index contributed by atoms with van der Waals surface area (Å²) in [4.78, 5) is 26.8. The van der Waals surface area contributed by atoms with Crippen LogP contribution in [-0.2, 0) is 11.2 Å². The van der Waals surface area contributed by atoms with Crippen molar-refractivity contribution in [2.24, 2.45) is 0 Å². The minimum atomic E-state index is -0.302. The highest BCUT2D eigenvalue weighted by Crippen LogP contribution is 2.28. The van der Waals surface area contributed by atoms with Crippen LogP contribution in [0.4, 0.5) is 5.69 Å². The second kappa shape index (κ2) is 11.0. The smallest absolute Gasteiger partial charge is 0.264 e. The van der Waals surface area contributed by atoms with Crippen molar-refractivity contribution in [2.75, 3.05) is 25.1 Å². The van der Waals surface area contributed by atoms with E-state index in [1.54, 1.807) is 49.5 Å². The van der Waals surface area contributed by atoms with Gasteiger partial charge in [-0.3, -0.25) is 9.59 Å². The molecule has 0 radical (unpaired) electrons. The Morgan fingerprint density at radius 3 is 2.48 bits per heavy atom. The Labute approximate surface area is 195 Å². The van der Waals surface area contributed by atoms with Crippen molar-refractivity contribution < 1.29 is 14.3 Å². The zero-order valence-corrected chi connectivity index (χ0v) is 19.3. The van der Waals surface area contributed by atoms with Gasteiger partial charge in [0.2, 0.25) is 0 Å². The fourth-order valence-electron chi connectivity index (χ4n) is 2.98. The van der Waals surface area contributed by atoms with Crippen molar-refractivity contribution in [2.45, 2.75) is 6.42 Å². The third-order valence-electron chi connectivity index (χ3n) is 4.67. The molecule has 3 rings (SSSR count). The molecule has 2 amide bonds. The fraction of sp³-hybridized carbons (Fsp3) is 0.167. The predicted octanol–water partition coefficient (Wildman–Crippen LogP) is 5.12. The predicted molar refractivity (Wildman–Crippen MR) is 127 cm³/mol. The number of benzene rings is 3. The maximum Gasteiger partial charge on any atom is 0.264 e. The first-order valence-corrected chi connectivity index (χ1v) is 10.9. The molecule has 160 valence electrons. The fourth-order valence-corrected chi connectivity index (χ4v) is 3.71. The van der Waals surface area contributed by atoms with Crippen molar-refractivity contribution in [1.82, 2.24) is 5.32 Å². The maximum absolute atomic E-state index is 12.7. The van der Waals surface area contributed by atoms with Gasteiger partial charge in [0.25, 0.3) is 11.8 Å². The van der Waals surface area contributed by atoms with Crippen LogP contribution in [0.5, 0.6) is 5.75 Å². The van der Waals surface area contributed by atoms with Gasteiger partial charge in [-0.05, 0) is 42.3 Å². The van der Waals surface area contributed by atoms with Crippen LogP contribution >= 0.6 is 27.5 Å². The van der Waals surface area contributed by atoms with E-state index >= 15 is 0 Å². The van der Waals surface area contributed by atoms with Crippen LogP contribution in [0.3, 0.4) is 0 Å². The SMILES string of the molecule is CN(C(=O)COc1ccc(Br)cc1Cl)c1ccccc1C(=O)NCCc1ccccc1. The molecule has 3 aromatic rings. The monoisotopic (exact) mass is 500 g/mol. The molecule has 0 heterocycles. The Bertz CT molecular complexity index is 1060. The minimum absolute atomic E-state index is 0.207. The highest BCUT2D eigenvalue weighted by atomic mass is 79.9. The number of halogens is 2. The normalized spacial score (nSPS) is 10.4. The molecule has 0 aliphatic heterocycles. The van der Waals surface area contributed by atoms with E-state index in [1.807, 2.05) is 30.3 Å². The number of nitrogens with one attached hydrogen (secondary N) is 1. The molecule has 0 fully saturated rings. The second-order valence-corrected chi connectivity index (χ2v) is 8.15. The second-order valence-electron chi connectivity index (χ2n) is 6.82. The first-order valence-electron chi connectivity index (χ1n) is 9.71. The van der Waals surface area contributed by atoms with Crippen molar-refractivity contribution in [3.05, 3.63) is 93.4 Å². The van der Waals surface area contributed by atoms with Crippen LogP contribution in [-0.4, -0.2) is 32.0 Å². The number of rotatable bonds is 8. The summed E-state index contributed by atoms with van der Waals surface area (Å²) in [6, 6.07) is 22.1. The Kier molecular flexibility index (Phi) is 8.09. The molecule has 0 atom stereocenters. The lowest BCUT2D eigenvalue weighted by atomic mass is 10.1. The first kappa shape index (κ1) is 22.8. The average molecular weight is 502 g/mol. The third kappa shape index (κ3) is 6.32. The average Bonchev–Trinajstić information content (AvgIpc) is 2.78. The molecule has 1 N–H and O–H groups in total. The van der Waals surface area contributed by atoms with E-state index in [0.29, 0.717) is 28.6 Å². The number of likely N-dealkylation sites (N-methyl/N-ethyl adjacent to an activating group) is 1. The Balaban J connectivity index is 1.62. The van der Waals surface area contributed by atoms with Gasteiger partial charge in [-0.1, -0.05) is 70.0 Å². The van der Waals surface area contributed by atoms with E-state index in [2.05, 4.69) is 21.2 Å². The lowest BCUT2D eigenvalue weighted by molar-refractivity contribution is -0.120. The molecule has 0 aromatic heterocycles. The van der Waals surface area contributed by atoms with Gasteiger partial charge in [-0.25, -0.2) is 0 Å². The number of amides is 2. The molecule has 0 aliphatic rings. The highest BCUT2D eigenvalue weighted by molar-refractivity contribution is 9.10. The topological polar surface area (TPSA) is 58.6 Å². The summed E-state index contributed by atoms with van der Waals surface area (Å²) in [5, 5.41) is 3.33. The van der Waals surface area contributed by atoms with Crippen LogP contribution in [0, 0.1) is 0 Å². The zero-order valence-electron chi connectivity index (χ0n) is 17.0. The summed E-state index contributed by atoms with van der Waals surface area (Å²) in [5.74, 6) is -0.120. The largest absolute Gasteiger partial charge is 0.482 e. The van der Waals surface area contributed by atoms with Gasteiger partial charge in [0, 0.05) is 18.1 Å². The standard InChI is InChI=1S/C24H22BrClN2O3/c1-28(23(29)16-31-22-12-11-18(25)15-20(22)26)21-10-6-5-9-19(21)24(30)27-14-13-17-7-3-2-4-8-17/h2-12,15H,13-14,16H2,1H3,(H,27,30). The van der Waals surface area contributed by atoms with Crippen LogP contribution < -0.4 is 15.0 Å². The molecule has 5 nitrogen and oxygen atoms in total. The van der Waals surface area contributed by atoms with Gasteiger partial charge < -0.3 is 15.0 Å². The lowest BCUT2D eigenvalue weighted by Crippen LogP contribution is -2.34. The summed E-state index contributed by atoms with van der Waals surface area (Å²) in [7, 11) is 1.62. The van der Waals surface area contributed by atoms with E-state index in [0.717, 1.165) is 16.5 Å². The summed E-state index contributed by atoms with van der Waals surface area (Å²) in [6.45, 7) is 0.293. The molecule has 0 spiro atoms. The number of carbonyl (C=O) groups is 2. The van der Waals surface area contributed by atoms with Crippen molar-refractivity contribution >= 4 is 45.0 Å². The molecule has 0 unspecified atom stereocenters. The van der Waals surface area contributed by atoms with E-state index in [-0.39, 0.29) is 18.4 Å².